The number of nitrogens with zero attached hydrogens (tertiary/aromatic N) is 1. The van der Waals surface area contributed by atoms with Crippen molar-refractivity contribution in [3.63, 3.8) is 0 Å². The molecule has 4 heteroatoms. The minimum absolute atomic E-state index is 0.181. The van der Waals surface area contributed by atoms with Gasteiger partial charge in [-0.1, -0.05) is 24.3 Å². The van der Waals surface area contributed by atoms with E-state index in [9.17, 15) is 9.59 Å². The van der Waals surface area contributed by atoms with Crippen molar-refractivity contribution in [3.05, 3.63) is 35.4 Å². The fourth-order valence-electron chi connectivity index (χ4n) is 3.57. The van der Waals surface area contributed by atoms with Gasteiger partial charge in [-0.2, -0.15) is 0 Å². The van der Waals surface area contributed by atoms with E-state index in [0.29, 0.717) is 38.3 Å². The van der Waals surface area contributed by atoms with Crippen LogP contribution in [0.5, 0.6) is 0 Å². The number of aryl methyl sites for hydroxylation is 1. The van der Waals surface area contributed by atoms with Crippen molar-refractivity contribution < 1.29 is 14.7 Å². The van der Waals surface area contributed by atoms with Gasteiger partial charge in [0, 0.05) is 19.5 Å². The summed E-state index contributed by atoms with van der Waals surface area (Å²) in [5.41, 5.74) is 2.70. The van der Waals surface area contributed by atoms with Gasteiger partial charge in [0.15, 0.2) is 0 Å². The van der Waals surface area contributed by atoms with Crippen LogP contribution in [0, 0.1) is 5.92 Å². The van der Waals surface area contributed by atoms with Crippen molar-refractivity contribution >= 4 is 11.9 Å². The van der Waals surface area contributed by atoms with E-state index in [1.54, 1.807) is 0 Å². The number of aliphatic carboxylic acids is 1. The first-order chi connectivity index (χ1) is 10.1. The monoisotopic (exact) mass is 287 g/mol. The van der Waals surface area contributed by atoms with Gasteiger partial charge in [0.25, 0.3) is 0 Å². The number of piperidine rings is 1. The third kappa shape index (κ3) is 2.94. The maximum absolute atomic E-state index is 12.4. The average Bonchev–Trinajstić information content (AvgIpc) is 2.91. The fourth-order valence-corrected chi connectivity index (χ4v) is 3.57. The maximum atomic E-state index is 12.4. The quantitative estimate of drug-likeness (QED) is 0.929. The second-order valence-electron chi connectivity index (χ2n) is 6.13. The number of carbonyl (C=O) groups excluding carboxylic acids is 1. The van der Waals surface area contributed by atoms with Gasteiger partial charge in [-0.05, 0) is 42.7 Å². The zero-order valence-corrected chi connectivity index (χ0v) is 12.1. The van der Waals surface area contributed by atoms with Crippen molar-refractivity contribution in [1.29, 1.82) is 0 Å². The van der Waals surface area contributed by atoms with Crippen molar-refractivity contribution in [2.45, 2.75) is 38.0 Å². The molecule has 1 amide bonds. The number of fused-ring (bicyclic) bond motifs is 1. The van der Waals surface area contributed by atoms with E-state index in [-0.39, 0.29) is 11.8 Å². The number of likely N-dealkylation sites (tertiary alicyclic amines) is 1. The number of carboxylic acid groups (broad SMARTS) is 1. The third-order valence-corrected chi connectivity index (χ3v) is 4.87. The Labute approximate surface area is 124 Å². The first kappa shape index (κ1) is 14.1. The Balaban J connectivity index is 1.57. The molecule has 0 spiro atoms. The minimum atomic E-state index is -0.730. The van der Waals surface area contributed by atoms with E-state index in [4.69, 9.17) is 5.11 Å². The number of hydrogen-bond acceptors (Lipinski definition) is 2. The normalized spacial score (nSPS) is 22.1. The Morgan fingerprint density at radius 3 is 2.57 bits per heavy atom. The Bertz CT molecular complexity index is 547. The Hall–Kier alpha value is -1.84. The predicted octanol–water partition coefficient (Wildman–Crippen LogP) is 2.43. The lowest BCUT2D eigenvalue weighted by Crippen LogP contribution is -2.40. The van der Waals surface area contributed by atoms with Crippen LogP contribution in [-0.4, -0.2) is 35.0 Å². The lowest BCUT2D eigenvalue weighted by atomic mass is 9.94. The number of benzene rings is 1. The molecule has 0 saturated carbocycles. The molecule has 21 heavy (non-hydrogen) atoms. The molecule has 1 unspecified atom stereocenters. The summed E-state index contributed by atoms with van der Waals surface area (Å²) >= 11 is 0. The van der Waals surface area contributed by atoms with Crippen LogP contribution in [0.1, 0.15) is 42.7 Å². The molecular weight excluding hydrogens is 266 g/mol. The first-order valence-electron chi connectivity index (χ1n) is 7.73. The summed E-state index contributed by atoms with van der Waals surface area (Å²) in [5, 5.41) is 9.00. The van der Waals surface area contributed by atoms with E-state index < -0.39 is 5.97 Å². The molecule has 1 N–H and O–H groups in total. The van der Waals surface area contributed by atoms with Crippen LogP contribution in [0.4, 0.5) is 0 Å². The predicted molar refractivity (Wildman–Crippen MR) is 79.1 cm³/mol. The molecule has 4 nitrogen and oxygen atoms in total. The van der Waals surface area contributed by atoms with Gasteiger partial charge in [-0.25, -0.2) is 0 Å². The molecule has 0 radical (unpaired) electrons. The number of rotatable bonds is 3. The fraction of sp³-hybridized carbons (Fsp3) is 0.529. The van der Waals surface area contributed by atoms with Gasteiger partial charge in [0.05, 0.1) is 5.92 Å². The summed E-state index contributed by atoms with van der Waals surface area (Å²) in [6.45, 7) is 1.17. The van der Waals surface area contributed by atoms with Crippen LogP contribution in [0.3, 0.4) is 0 Å². The Morgan fingerprint density at radius 2 is 1.86 bits per heavy atom. The highest BCUT2D eigenvalue weighted by Crippen LogP contribution is 2.35. The molecule has 112 valence electrons. The molecule has 1 aliphatic carbocycles. The topological polar surface area (TPSA) is 57.6 Å². The van der Waals surface area contributed by atoms with Gasteiger partial charge in [0.1, 0.15) is 0 Å². The van der Waals surface area contributed by atoms with Crippen molar-refractivity contribution in [2.24, 2.45) is 5.92 Å². The molecule has 1 aromatic rings. The zero-order valence-electron chi connectivity index (χ0n) is 12.1. The molecule has 2 aliphatic rings. The first-order valence-corrected chi connectivity index (χ1v) is 7.73. The molecule has 1 heterocycles. The summed E-state index contributed by atoms with van der Waals surface area (Å²) in [5.74, 6) is -0.487. The molecule has 0 aromatic heterocycles. The summed E-state index contributed by atoms with van der Waals surface area (Å²) in [6, 6.07) is 8.38. The standard InChI is InChI=1S/C17H21NO3/c19-16(18-9-7-13(8-10-18)17(20)21)11-14-6-5-12-3-1-2-4-15(12)14/h1-4,13-14H,5-11H2,(H,20,21). The highest BCUT2D eigenvalue weighted by atomic mass is 16.4. The third-order valence-electron chi connectivity index (χ3n) is 4.87. The van der Waals surface area contributed by atoms with Crippen LogP contribution in [0.25, 0.3) is 0 Å². The number of carboxylic acids is 1. The van der Waals surface area contributed by atoms with Crippen LogP contribution in [0.2, 0.25) is 0 Å². The van der Waals surface area contributed by atoms with Gasteiger partial charge in [0.2, 0.25) is 5.91 Å². The largest absolute Gasteiger partial charge is 0.481 e. The Morgan fingerprint density at radius 1 is 1.14 bits per heavy atom. The van der Waals surface area contributed by atoms with Crippen LogP contribution in [-0.2, 0) is 16.0 Å². The molecule has 1 atom stereocenters. The Kier molecular flexibility index (Phi) is 3.95. The van der Waals surface area contributed by atoms with Crippen molar-refractivity contribution in [1.82, 2.24) is 4.90 Å². The van der Waals surface area contributed by atoms with Gasteiger partial charge >= 0.3 is 5.97 Å². The summed E-state index contributed by atoms with van der Waals surface area (Å²) < 4.78 is 0. The van der Waals surface area contributed by atoms with Crippen LogP contribution in [0.15, 0.2) is 24.3 Å². The smallest absolute Gasteiger partial charge is 0.306 e. The van der Waals surface area contributed by atoms with Crippen LogP contribution < -0.4 is 0 Å². The van der Waals surface area contributed by atoms with Crippen molar-refractivity contribution in [3.8, 4) is 0 Å². The van der Waals surface area contributed by atoms with E-state index in [0.717, 1.165) is 12.8 Å². The maximum Gasteiger partial charge on any atom is 0.306 e. The van der Waals surface area contributed by atoms with E-state index in [2.05, 4.69) is 18.2 Å². The summed E-state index contributed by atoms with van der Waals surface area (Å²) in [7, 11) is 0. The number of amides is 1. The van der Waals surface area contributed by atoms with Gasteiger partial charge < -0.3 is 10.0 Å². The number of carbonyl (C=O) groups is 2. The average molecular weight is 287 g/mol. The molecule has 1 aliphatic heterocycles. The molecule has 3 rings (SSSR count). The van der Waals surface area contributed by atoms with E-state index >= 15 is 0 Å². The molecule has 1 aromatic carbocycles. The minimum Gasteiger partial charge on any atom is -0.481 e. The molecular formula is C17H21NO3. The van der Waals surface area contributed by atoms with E-state index in [1.165, 1.54) is 11.1 Å². The lowest BCUT2D eigenvalue weighted by Gasteiger charge is -2.31. The highest BCUT2D eigenvalue weighted by molar-refractivity contribution is 5.78. The van der Waals surface area contributed by atoms with Crippen molar-refractivity contribution in [2.75, 3.05) is 13.1 Å². The van der Waals surface area contributed by atoms with Gasteiger partial charge in [-0.3, -0.25) is 9.59 Å². The summed E-state index contributed by atoms with van der Waals surface area (Å²) in [4.78, 5) is 25.2. The second-order valence-corrected chi connectivity index (χ2v) is 6.13. The number of hydrogen-bond donors (Lipinski definition) is 1. The zero-order chi connectivity index (χ0) is 14.8. The molecule has 1 saturated heterocycles. The van der Waals surface area contributed by atoms with E-state index in [1.807, 2.05) is 11.0 Å². The second kappa shape index (κ2) is 5.88. The molecule has 1 fully saturated rings. The lowest BCUT2D eigenvalue weighted by molar-refractivity contribution is -0.145. The highest BCUT2D eigenvalue weighted by Gasteiger charge is 2.30. The molecule has 0 bridgehead atoms. The van der Waals surface area contributed by atoms with Crippen LogP contribution >= 0.6 is 0 Å². The SMILES string of the molecule is O=C(O)C1CCN(C(=O)CC2CCc3ccccc32)CC1. The summed E-state index contributed by atoms with van der Waals surface area (Å²) in [6.07, 6.45) is 3.85. The van der Waals surface area contributed by atoms with Gasteiger partial charge in [-0.15, -0.1) is 0 Å².